The van der Waals surface area contributed by atoms with Gasteiger partial charge in [-0.15, -0.1) is 0 Å². The summed E-state index contributed by atoms with van der Waals surface area (Å²) in [5, 5.41) is 10.9. The van der Waals surface area contributed by atoms with E-state index in [1.807, 2.05) is 17.9 Å². The van der Waals surface area contributed by atoms with Crippen molar-refractivity contribution in [2.75, 3.05) is 33.8 Å². The molecule has 0 bridgehead atoms. The van der Waals surface area contributed by atoms with E-state index >= 15 is 0 Å². The maximum absolute atomic E-state index is 11.9. The molecule has 8 heteroatoms. The fourth-order valence-electron chi connectivity index (χ4n) is 2.85. The Hall–Kier alpha value is -2.09. The predicted molar refractivity (Wildman–Crippen MR) is 102 cm³/mol. The van der Waals surface area contributed by atoms with Crippen LogP contribution >= 0.6 is 0 Å². The fraction of sp³-hybridized carbons (Fsp3) is 0.722. The van der Waals surface area contributed by atoms with Crippen molar-refractivity contribution in [2.24, 2.45) is 12.0 Å². The minimum Gasteiger partial charge on any atom is -0.376 e. The Bertz CT molecular complexity index is 605. The summed E-state index contributed by atoms with van der Waals surface area (Å²) < 4.78 is 7.58. The van der Waals surface area contributed by atoms with Crippen LogP contribution in [0.4, 0.5) is 0 Å². The summed E-state index contributed by atoms with van der Waals surface area (Å²) in [5.41, 5.74) is 2.15. The molecule has 1 aliphatic heterocycles. The topological polar surface area (TPSA) is 83.8 Å². The summed E-state index contributed by atoms with van der Waals surface area (Å²) in [7, 11) is 5.40. The predicted octanol–water partition coefficient (Wildman–Crippen LogP) is 0.675. The third-order valence-electron chi connectivity index (χ3n) is 4.41. The quantitative estimate of drug-likeness (QED) is 0.549. The number of hydrogen-bond acceptors (Lipinski definition) is 4. The van der Waals surface area contributed by atoms with Gasteiger partial charge in [-0.25, -0.2) is 4.99 Å². The van der Waals surface area contributed by atoms with E-state index in [-0.39, 0.29) is 18.6 Å². The van der Waals surface area contributed by atoms with Crippen LogP contribution in [0.2, 0.25) is 0 Å². The molecule has 1 aromatic heterocycles. The molecular weight excluding hydrogens is 332 g/mol. The molecule has 0 spiro atoms. The highest BCUT2D eigenvalue weighted by Crippen LogP contribution is 2.12. The van der Waals surface area contributed by atoms with Crippen LogP contribution in [0.5, 0.6) is 0 Å². The van der Waals surface area contributed by atoms with Crippen LogP contribution in [0.1, 0.15) is 37.4 Å². The number of rotatable bonds is 7. The van der Waals surface area contributed by atoms with Gasteiger partial charge in [-0.2, -0.15) is 5.10 Å². The highest BCUT2D eigenvalue weighted by molar-refractivity contribution is 5.86. The van der Waals surface area contributed by atoms with E-state index in [2.05, 4.69) is 27.6 Å². The van der Waals surface area contributed by atoms with Crippen LogP contribution in [0.25, 0.3) is 0 Å². The molecule has 0 aliphatic carbocycles. The average Bonchev–Trinajstić information content (AvgIpc) is 3.01. The number of nitrogens with one attached hydrogen (secondary N) is 2. The number of amides is 1. The van der Waals surface area contributed by atoms with E-state index in [0.29, 0.717) is 19.0 Å². The number of ether oxygens (including phenoxy) is 1. The SMILES string of the molecule is CCc1nn(C)cc1CN=C(NCC(=O)N(C)C)NCC1CCCCO1. The standard InChI is InChI=1S/C18H32N6O2/c1-5-16-14(13-24(4)22-16)10-19-18(21-12-17(25)23(2)3)20-11-15-8-6-7-9-26-15/h13,15H,5-12H2,1-4H3,(H2,19,20,21). The molecule has 1 amide bonds. The van der Waals surface area contributed by atoms with Crippen LogP contribution in [0.15, 0.2) is 11.2 Å². The number of nitrogens with zero attached hydrogens (tertiary/aromatic N) is 4. The highest BCUT2D eigenvalue weighted by atomic mass is 16.5. The van der Waals surface area contributed by atoms with Crippen LogP contribution in [0.3, 0.4) is 0 Å². The number of guanidine groups is 1. The second-order valence-corrected chi connectivity index (χ2v) is 6.80. The number of likely N-dealkylation sites (N-methyl/N-ethyl adjacent to an activating group) is 1. The van der Waals surface area contributed by atoms with Gasteiger partial charge < -0.3 is 20.3 Å². The Balaban J connectivity index is 1.98. The molecule has 2 heterocycles. The molecule has 1 aromatic rings. The Labute approximate surface area is 156 Å². The first-order valence-corrected chi connectivity index (χ1v) is 9.35. The van der Waals surface area contributed by atoms with Crippen molar-refractivity contribution >= 4 is 11.9 Å². The van der Waals surface area contributed by atoms with E-state index in [0.717, 1.165) is 37.1 Å². The Kier molecular flexibility index (Phi) is 7.90. The van der Waals surface area contributed by atoms with Gasteiger partial charge in [0.1, 0.15) is 0 Å². The molecule has 2 N–H and O–H groups in total. The van der Waals surface area contributed by atoms with Crippen LogP contribution < -0.4 is 10.6 Å². The van der Waals surface area contributed by atoms with Gasteiger partial charge in [-0.3, -0.25) is 9.48 Å². The molecule has 2 rings (SSSR count). The summed E-state index contributed by atoms with van der Waals surface area (Å²) >= 11 is 0. The van der Waals surface area contributed by atoms with Crippen molar-refractivity contribution in [3.63, 3.8) is 0 Å². The second kappa shape index (κ2) is 10.2. The van der Waals surface area contributed by atoms with Crippen LogP contribution in [-0.4, -0.2) is 66.4 Å². The van der Waals surface area contributed by atoms with E-state index < -0.39 is 0 Å². The summed E-state index contributed by atoms with van der Waals surface area (Å²) in [4.78, 5) is 18.1. The summed E-state index contributed by atoms with van der Waals surface area (Å²) in [5.74, 6) is 0.629. The van der Waals surface area contributed by atoms with Crippen molar-refractivity contribution in [3.8, 4) is 0 Å². The first-order chi connectivity index (χ1) is 12.5. The molecule has 1 unspecified atom stereocenters. The third-order valence-corrected chi connectivity index (χ3v) is 4.41. The number of carbonyl (C=O) groups is 1. The highest BCUT2D eigenvalue weighted by Gasteiger charge is 2.15. The molecule has 1 saturated heterocycles. The zero-order valence-corrected chi connectivity index (χ0v) is 16.4. The van der Waals surface area contributed by atoms with Crippen LogP contribution in [0, 0.1) is 0 Å². The second-order valence-electron chi connectivity index (χ2n) is 6.80. The molecule has 1 fully saturated rings. The first-order valence-electron chi connectivity index (χ1n) is 9.35. The summed E-state index contributed by atoms with van der Waals surface area (Å²) in [6, 6.07) is 0. The van der Waals surface area contributed by atoms with Gasteiger partial charge in [0.15, 0.2) is 5.96 Å². The van der Waals surface area contributed by atoms with Gasteiger partial charge >= 0.3 is 0 Å². The lowest BCUT2D eigenvalue weighted by Crippen LogP contribution is -2.45. The van der Waals surface area contributed by atoms with Gasteiger partial charge in [-0.1, -0.05) is 6.92 Å². The number of aliphatic imine (C=N–C) groups is 1. The van der Waals surface area contributed by atoms with Crippen molar-refractivity contribution in [2.45, 2.75) is 45.3 Å². The lowest BCUT2D eigenvalue weighted by molar-refractivity contribution is -0.127. The van der Waals surface area contributed by atoms with Crippen LogP contribution in [-0.2, 0) is 29.5 Å². The maximum atomic E-state index is 11.9. The molecule has 0 saturated carbocycles. The van der Waals surface area contributed by atoms with Gasteiger partial charge in [0.2, 0.25) is 5.91 Å². The Morgan fingerprint density at radius 3 is 2.88 bits per heavy atom. The number of carbonyl (C=O) groups excluding carboxylic acids is 1. The molecule has 8 nitrogen and oxygen atoms in total. The zero-order valence-electron chi connectivity index (χ0n) is 16.4. The Morgan fingerprint density at radius 1 is 1.42 bits per heavy atom. The van der Waals surface area contributed by atoms with Crippen molar-refractivity contribution in [1.82, 2.24) is 25.3 Å². The molecule has 146 valence electrons. The van der Waals surface area contributed by atoms with Gasteiger partial charge in [0, 0.05) is 46.1 Å². The first kappa shape index (κ1) is 20.2. The molecule has 1 aliphatic rings. The van der Waals surface area contributed by atoms with Gasteiger partial charge in [0.05, 0.1) is 24.9 Å². The number of aryl methyl sites for hydroxylation is 2. The maximum Gasteiger partial charge on any atom is 0.241 e. The van der Waals surface area contributed by atoms with Crippen molar-refractivity contribution in [1.29, 1.82) is 0 Å². The lowest BCUT2D eigenvalue weighted by Gasteiger charge is -2.24. The Morgan fingerprint density at radius 2 is 2.23 bits per heavy atom. The van der Waals surface area contributed by atoms with E-state index in [9.17, 15) is 4.79 Å². The zero-order chi connectivity index (χ0) is 18.9. The summed E-state index contributed by atoms with van der Waals surface area (Å²) in [6.07, 6.45) is 6.45. The molecule has 26 heavy (non-hydrogen) atoms. The molecular formula is C18H32N6O2. The van der Waals surface area contributed by atoms with Crippen molar-refractivity contribution in [3.05, 3.63) is 17.5 Å². The average molecular weight is 364 g/mol. The minimum atomic E-state index is 0.00374. The normalized spacial score (nSPS) is 17.8. The van der Waals surface area contributed by atoms with E-state index in [4.69, 9.17) is 4.74 Å². The largest absolute Gasteiger partial charge is 0.376 e. The van der Waals surface area contributed by atoms with Gasteiger partial charge in [0.25, 0.3) is 0 Å². The molecule has 1 atom stereocenters. The van der Waals surface area contributed by atoms with Gasteiger partial charge in [-0.05, 0) is 25.7 Å². The molecule has 0 radical (unpaired) electrons. The van der Waals surface area contributed by atoms with E-state index in [1.165, 1.54) is 6.42 Å². The monoisotopic (exact) mass is 364 g/mol. The number of aromatic nitrogens is 2. The third kappa shape index (κ3) is 6.33. The smallest absolute Gasteiger partial charge is 0.241 e. The minimum absolute atomic E-state index is 0.00374. The van der Waals surface area contributed by atoms with E-state index in [1.54, 1.807) is 19.0 Å². The number of hydrogen-bond donors (Lipinski definition) is 2. The lowest BCUT2D eigenvalue weighted by atomic mass is 10.1. The fourth-order valence-corrected chi connectivity index (χ4v) is 2.85. The van der Waals surface area contributed by atoms with Crippen molar-refractivity contribution < 1.29 is 9.53 Å². The molecule has 0 aromatic carbocycles. The summed E-state index contributed by atoms with van der Waals surface area (Å²) in [6.45, 7) is 4.33.